The van der Waals surface area contributed by atoms with E-state index in [9.17, 15) is 4.79 Å². The van der Waals surface area contributed by atoms with Gasteiger partial charge < -0.3 is 15.8 Å². The molecule has 104 valence electrons. The predicted molar refractivity (Wildman–Crippen MR) is 74.0 cm³/mol. The average molecular weight is 281 g/mol. The molecule has 19 heavy (non-hydrogen) atoms. The third-order valence-corrected chi connectivity index (χ3v) is 5.01. The van der Waals surface area contributed by atoms with Crippen LogP contribution in [0.5, 0.6) is 0 Å². The fourth-order valence-corrected chi connectivity index (χ4v) is 3.89. The first-order valence-electron chi connectivity index (χ1n) is 6.85. The van der Waals surface area contributed by atoms with Gasteiger partial charge in [-0.15, -0.1) is 0 Å². The molecule has 1 aliphatic carbocycles. The molecular weight excluding hydrogens is 262 g/mol. The van der Waals surface area contributed by atoms with Crippen LogP contribution in [0.15, 0.2) is 0 Å². The van der Waals surface area contributed by atoms with Crippen LogP contribution in [0.3, 0.4) is 0 Å². The molecule has 3 rings (SSSR count). The van der Waals surface area contributed by atoms with E-state index in [1.807, 2.05) is 0 Å². The van der Waals surface area contributed by atoms with Crippen LogP contribution in [-0.4, -0.2) is 24.0 Å². The number of carbonyl (C=O) groups excluding carboxylic acids is 1. The molecule has 1 fully saturated rings. The molecule has 0 bridgehead atoms. The molecule has 2 atom stereocenters. The van der Waals surface area contributed by atoms with Crippen molar-refractivity contribution in [2.24, 2.45) is 17.6 Å². The number of amides is 1. The van der Waals surface area contributed by atoms with E-state index in [1.54, 1.807) is 0 Å². The second-order valence-corrected chi connectivity index (χ2v) is 6.30. The lowest BCUT2D eigenvalue weighted by atomic mass is 9.95. The standard InChI is InChI=1S/C13H19N3O2S/c14-6-8-2-1-3-9(8)12(17)16-13-15-10-4-5-18-7-11(10)19-13/h8-9H,1-7,14H2,(H,15,16,17)/t8-,9-/m1/s1. The third kappa shape index (κ3) is 2.66. The number of fused-ring (bicyclic) bond motifs is 1. The lowest BCUT2D eigenvalue weighted by Gasteiger charge is -2.16. The zero-order chi connectivity index (χ0) is 13.2. The van der Waals surface area contributed by atoms with Gasteiger partial charge in [-0.3, -0.25) is 4.79 Å². The van der Waals surface area contributed by atoms with Crippen LogP contribution >= 0.6 is 11.3 Å². The van der Waals surface area contributed by atoms with Crippen molar-refractivity contribution in [3.8, 4) is 0 Å². The molecule has 6 heteroatoms. The van der Waals surface area contributed by atoms with Gasteiger partial charge in [0.15, 0.2) is 5.13 Å². The van der Waals surface area contributed by atoms with Crippen molar-refractivity contribution < 1.29 is 9.53 Å². The van der Waals surface area contributed by atoms with Gasteiger partial charge >= 0.3 is 0 Å². The van der Waals surface area contributed by atoms with E-state index >= 15 is 0 Å². The van der Waals surface area contributed by atoms with Gasteiger partial charge in [-0.05, 0) is 25.3 Å². The minimum atomic E-state index is 0.0576. The van der Waals surface area contributed by atoms with Crippen molar-refractivity contribution in [3.05, 3.63) is 10.6 Å². The van der Waals surface area contributed by atoms with E-state index in [2.05, 4.69) is 10.3 Å². The molecule has 1 aromatic heterocycles. The van der Waals surface area contributed by atoms with E-state index in [1.165, 1.54) is 11.3 Å². The van der Waals surface area contributed by atoms with Crippen molar-refractivity contribution in [2.45, 2.75) is 32.3 Å². The minimum absolute atomic E-state index is 0.0576. The highest BCUT2D eigenvalue weighted by Crippen LogP contribution is 2.33. The predicted octanol–water partition coefficient (Wildman–Crippen LogP) is 1.53. The largest absolute Gasteiger partial charge is 0.375 e. The van der Waals surface area contributed by atoms with Gasteiger partial charge in [0.25, 0.3) is 0 Å². The molecule has 0 spiro atoms. The molecule has 0 radical (unpaired) electrons. The number of nitrogens with zero attached hydrogens (tertiary/aromatic N) is 1. The Hall–Kier alpha value is -0.980. The molecule has 2 heterocycles. The van der Waals surface area contributed by atoms with Gasteiger partial charge in [-0.1, -0.05) is 17.8 Å². The van der Waals surface area contributed by atoms with Crippen molar-refractivity contribution in [3.63, 3.8) is 0 Å². The summed E-state index contributed by atoms with van der Waals surface area (Å²) in [5, 5.41) is 3.67. The number of aromatic nitrogens is 1. The number of hydrogen-bond donors (Lipinski definition) is 2. The first-order valence-corrected chi connectivity index (χ1v) is 7.67. The van der Waals surface area contributed by atoms with E-state index < -0.39 is 0 Å². The first-order chi connectivity index (χ1) is 9.28. The van der Waals surface area contributed by atoms with Crippen molar-refractivity contribution in [1.82, 2.24) is 4.98 Å². The minimum Gasteiger partial charge on any atom is -0.375 e. The molecule has 3 N–H and O–H groups in total. The van der Waals surface area contributed by atoms with Crippen molar-refractivity contribution >= 4 is 22.4 Å². The van der Waals surface area contributed by atoms with Gasteiger partial charge in [-0.2, -0.15) is 0 Å². The molecule has 1 saturated carbocycles. The van der Waals surface area contributed by atoms with Crippen LogP contribution in [-0.2, 0) is 22.6 Å². The second kappa shape index (κ2) is 5.56. The monoisotopic (exact) mass is 281 g/mol. The molecule has 5 nitrogen and oxygen atoms in total. The summed E-state index contributed by atoms with van der Waals surface area (Å²) >= 11 is 1.53. The zero-order valence-electron chi connectivity index (χ0n) is 10.9. The molecule has 1 amide bonds. The number of nitrogens with one attached hydrogen (secondary N) is 1. The summed E-state index contributed by atoms with van der Waals surface area (Å²) in [5.74, 6) is 0.472. The molecule has 0 unspecified atom stereocenters. The summed E-state index contributed by atoms with van der Waals surface area (Å²) in [6.45, 7) is 1.94. The quantitative estimate of drug-likeness (QED) is 0.881. The Kier molecular flexibility index (Phi) is 3.81. The Bertz CT molecular complexity index is 451. The van der Waals surface area contributed by atoms with Crippen LogP contribution in [0.1, 0.15) is 29.8 Å². The summed E-state index contributed by atoms with van der Waals surface area (Å²) in [6, 6.07) is 0. The Morgan fingerprint density at radius 2 is 2.42 bits per heavy atom. The molecule has 1 aromatic rings. The number of rotatable bonds is 3. The highest BCUT2D eigenvalue weighted by atomic mass is 32.1. The van der Waals surface area contributed by atoms with Gasteiger partial charge in [-0.25, -0.2) is 4.98 Å². The van der Waals surface area contributed by atoms with Crippen molar-refractivity contribution in [2.75, 3.05) is 18.5 Å². The van der Waals surface area contributed by atoms with Gasteiger partial charge in [0.05, 0.1) is 23.8 Å². The maximum atomic E-state index is 12.3. The maximum absolute atomic E-state index is 12.3. The summed E-state index contributed by atoms with van der Waals surface area (Å²) in [7, 11) is 0. The van der Waals surface area contributed by atoms with Gasteiger partial charge in [0.2, 0.25) is 5.91 Å². The Morgan fingerprint density at radius 3 is 3.21 bits per heavy atom. The van der Waals surface area contributed by atoms with Crippen LogP contribution in [0.25, 0.3) is 0 Å². The molecule has 0 saturated heterocycles. The maximum Gasteiger partial charge on any atom is 0.229 e. The Balaban J connectivity index is 1.67. The summed E-state index contributed by atoms with van der Waals surface area (Å²) in [6.07, 6.45) is 3.96. The zero-order valence-corrected chi connectivity index (χ0v) is 11.7. The smallest absolute Gasteiger partial charge is 0.229 e. The highest BCUT2D eigenvalue weighted by molar-refractivity contribution is 7.15. The number of anilines is 1. The average Bonchev–Trinajstić information content (AvgIpc) is 3.03. The lowest BCUT2D eigenvalue weighted by Crippen LogP contribution is -2.29. The fraction of sp³-hybridized carbons (Fsp3) is 0.692. The highest BCUT2D eigenvalue weighted by Gasteiger charge is 2.32. The van der Waals surface area contributed by atoms with E-state index in [4.69, 9.17) is 10.5 Å². The van der Waals surface area contributed by atoms with E-state index in [0.29, 0.717) is 24.2 Å². The molecule has 2 aliphatic rings. The number of ether oxygens (including phenoxy) is 1. The second-order valence-electron chi connectivity index (χ2n) is 5.21. The van der Waals surface area contributed by atoms with E-state index in [-0.39, 0.29) is 11.8 Å². The number of carbonyl (C=O) groups is 1. The topological polar surface area (TPSA) is 77.2 Å². The summed E-state index contributed by atoms with van der Waals surface area (Å²) < 4.78 is 5.39. The molecule has 0 aromatic carbocycles. The summed E-state index contributed by atoms with van der Waals surface area (Å²) in [4.78, 5) is 17.9. The SMILES string of the molecule is NC[C@H]1CCC[C@H]1C(=O)Nc1nc2c(s1)COCC2. The van der Waals surface area contributed by atoms with Crippen LogP contribution in [0.4, 0.5) is 5.13 Å². The lowest BCUT2D eigenvalue weighted by molar-refractivity contribution is -0.120. The summed E-state index contributed by atoms with van der Waals surface area (Å²) in [5.41, 5.74) is 6.80. The number of hydrogen-bond acceptors (Lipinski definition) is 5. The number of thiazole rings is 1. The normalized spacial score (nSPS) is 26.2. The van der Waals surface area contributed by atoms with Crippen LogP contribution in [0, 0.1) is 11.8 Å². The van der Waals surface area contributed by atoms with E-state index in [0.717, 1.165) is 42.9 Å². The van der Waals surface area contributed by atoms with Crippen LogP contribution < -0.4 is 11.1 Å². The van der Waals surface area contributed by atoms with Crippen LogP contribution in [0.2, 0.25) is 0 Å². The van der Waals surface area contributed by atoms with Crippen molar-refractivity contribution in [1.29, 1.82) is 0 Å². The molecule has 1 aliphatic heterocycles. The Labute approximate surface area is 116 Å². The first kappa shape index (κ1) is 13.0. The Morgan fingerprint density at radius 1 is 1.53 bits per heavy atom. The third-order valence-electron chi connectivity index (χ3n) is 4.02. The number of nitrogens with two attached hydrogens (primary N) is 1. The fourth-order valence-electron chi connectivity index (χ4n) is 2.94. The molecular formula is C13H19N3O2S. The van der Waals surface area contributed by atoms with Gasteiger partial charge in [0, 0.05) is 12.3 Å². The van der Waals surface area contributed by atoms with Gasteiger partial charge in [0.1, 0.15) is 0 Å².